The van der Waals surface area contributed by atoms with Crippen molar-refractivity contribution >= 4 is 5.78 Å². The minimum absolute atomic E-state index is 0.00316. The highest BCUT2D eigenvalue weighted by atomic mass is 16.1. The van der Waals surface area contributed by atoms with Crippen molar-refractivity contribution in [3.8, 4) is 0 Å². The zero-order valence-electron chi connectivity index (χ0n) is 11.5. The van der Waals surface area contributed by atoms with Crippen LogP contribution in [0.2, 0.25) is 0 Å². The molecule has 2 fully saturated rings. The second-order valence-electron chi connectivity index (χ2n) is 6.54. The van der Waals surface area contributed by atoms with Crippen molar-refractivity contribution in [3.63, 3.8) is 0 Å². The fraction of sp³-hybridized carbons (Fsp3) is 0.667. The SMILES string of the molecule is Cc1cncc(C(=O)CC23CCCC(N)(CC2)C3)n1. The summed E-state index contributed by atoms with van der Waals surface area (Å²) in [5, 5.41) is 0. The van der Waals surface area contributed by atoms with Crippen molar-refractivity contribution < 1.29 is 4.79 Å². The first-order chi connectivity index (χ1) is 9.00. The molecule has 0 saturated heterocycles. The quantitative estimate of drug-likeness (QED) is 0.846. The van der Waals surface area contributed by atoms with Gasteiger partial charge in [0.05, 0.1) is 11.9 Å². The molecular weight excluding hydrogens is 238 g/mol. The van der Waals surface area contributed by atoms with E-state index in [1.54, 1.807) is 12.4 Å². The molecule has 1 aromatic rings. The molecule has 0 radical (unpaired) electrons. The van der Waals surface area contributed by atoms with Crippen LogP contribution < -0.4 is 5.73 Å². The van der Waals surface area contributed by atoms with Crippen LogP contribution in [-0.4, -0.2) is 21.3 Å². The lowest BCUT2D eigenvalue weighted by Crippen LogP contribution is -2.41. The highest BCUT2D eigenvalue weighted by Crippen LogP contribution is 2.54. The van der Waals surface area contributed by atoms with Crippen molar-refractivity contribution in [2.45, 2.75) is 57.4 Å². The van der Waals surface area contributed by atoms with Gasteiger partial charge in [-0.3, -0.25) is 9.78 Å². The number of rotatable bonds is 3. The Morgan fingerprint density at radius 3 is 2.95 bits per heavy atom. The number of hydrogen-bond acceptors (Lipinski definition) is 4. The number of carbonyl (C=O) groups is 1. The van der Waals surface area contributed by atoms with Crippen LogP contribution in [0.3, 0.4) is 0 Å². The van der Waals surface area contributed by atoms with Crippen LogP contribution >= 0.6 is 0 Å². The van der Waals surface area contributed by atoms with Gasteiger partial charge in [-0.25, -0.2) is 4.98 Å². The minimum atomic E-state index is -0.00316. The summed E-state index contributed by atoms with van der Waals surface area (Å²) in [6.07, 6.45) is 10.4. The number of ketones is 1. The standard InChI is InChI=1S/C15H21N3O/c1-11-8-17-9-12(18-11)13(19)7-14-3-2-4-15(16,10-14)6-5-14/h8-9H,2-7,10,16H2,1H3. The number of carbonyl (C=O) groups excluding carboxylic acids is 1. The number of nitrogens with zero attached hydrogens (tertiary/aromatic N) is 2. The number of fused-ring (bicyclic) bond motifs is 2. The van der Waals surface area contributed by atoms with Gasteiger partial charge in [0.1, 0.15) is 5.69 Å². The van der Waals surface area contributed by atoms with Crippen molar-refractivity contribution in [3.05, 3.63) is 23.8 Å². The lowest BCUT2D eigenvalue weighted by molar-refractivity contribution is 0.0865. The fourth-order valence-corrected chi connectivity index (χ4v) is 3.95. The molecule has 2 atom stereocenters. The maximum absolute atomic E-state index is 12.4. The maximum atomic E-state index is 12.4. The first-order valence-electron chi connectivity index (χ1n) is 7.11. The molecule has 102 valence electrons. The number of Topliss-reactive ketones (excluding diaryl/α,β-unsaturated/α-hetero) is 1. The van der Waals surface area contributed by atoms with E-state index in [4.69, 9.17) is 5.73 Å². The van der Waals surface area contributed by atoms with E-state index in [2.05, 4.69) is 9.97 Å². The summed E-state index contributed by atoms with van der Waals surface area (Å²) >= 11 is 0. The van der Waals surface area contributed by atoms with E-state index in [1.807, 2.05) is 6.92 Å². The number of hydrogen-bond donors (Lipinski definition) is 1. The highest BCUT2D eigenvalue weighted by molar-refractivity contribution is 5.94. The van der Waals surface area contributed by atoms with Crippen LogP contribution in [0.4, 0.5) is 0 Å². The van der Waals surface area contributed by atoms with E-state index < -0.39 is 0 Å². The molecule has 0 aromatic carbocycles. The molecule has 2 bridgehead atoms. The predicted molar refractivity (Wildman–Crippen MR) is 72.8 cm³/mol. The topological polar surface area (TPSA) is 68.9 Å². The molecule has 0 aliphatic heterocycles. The molecule has 2 N–H and O–H groups in total. The zero-order valence-corrected chi connectivity index (χ0v) is 11.5. The van der Waals surface area contributed by atoms with Crippen LogP contribution in [0.25, 0.3) is 0 Å². The Morgan fingerprint density at radius 2 is 2.16 bits per heavy atom. The Kier molecular flexibility index (Phi) is 2.93. The van der Waals surface area contributed by atoms with Gasteiger partial charge in [-0.2, -0.15) is 0 Å². The van der Waals surface area contributed by atoms with Crippen LogP contribution in [0.15, 0.2) is 12.4 Å². The summed E-state index contributed by atoms with van der Waals surface area (Å²) < 4.78 is 0. The maximum Gasteiger partial charge on any atom is 0.183 e. The number of aromatic nitrogens is 2. The summed E-state index contributed by atoms with van der Waals surface area (Å²) in [6, 6.07) is 0. The van der Waals surface area contributed by atoms with Crippen LogP contribution in [0.5, 0.6) is 0 Å². The Hall–Kier alpha value is -1.29. The van der Waals surface area contributed by atoms with Gasteiger partial charge in [0, 0.05) is 18.2 Å². The second-order valence-corrected chi connectivity index (χ2v) is 6.54. The second kappa shape index (κ2) is 4.37. The molecule has 2 saturated carbocycles. The molecule has 3 rings (SSSR count). The van der Waals surface area contributed by atoms with Gasteiger partial charge in [0.15, 0.2) is 5.78 Å². The summed E-state index contributed by atoms with van der Waals surface area (Å²) in [4.78, 5) is 20.8. The molecule has 2 unspecified atom stereocenters. The van der Waals surface area contributed by atoms with Gasteiger partial charge in [-0.05, 0) is 44.4 Å². The van der Waals surface area contributed by atoms with Gasteiger partial charge in [0.2, 0.25) is 0 Å². The summed E-state index contributed by atoms with van der Waals surface area (Å²) in [5.74, 6) is 0.127. The molecule has 2 aliphatic rings. The average molecular weight is 259 g/mol. The molecule has 1 heterocycles. The molecule has 1 aromatic heterocycles. The normalized spacial score (nSPS) is 33.4. The van der Waals surface area contributed by atoms with Crippen molar-refractivity contribution in [2.75, 3.05) is 0 Å². The largest absolute Gasteiger partial charge is 0.325 e. The van der Waals surface area contributed by atoms with E-state index in [0.29, 0.717) is 12.1 Å². The fourth-order valence-electron chi connectivity index (χ4n) is 3.95. The van der Waals surface area contributed by atoms with Gasteiger partial charge in [0.25, 0.3) is 0 Å². The number of nitrogens with two attached hydrogens (primary N) is 1. The predicted octanol–water partition coefficient (Wildman–Crippen LogP) is 2.41. The lowest BCUT2D eigenvalue weighted by atomic mass is 9.70. The van der Waals surface area contributed by atoms with Crippen LogP contribution in [0.1, 0.15) is 61.1 Å². The van der Waals surface area contributed by atoms with Crippen LogP contribution in [-0.2, 0) is 0 Å². The molecule has 4 nitrogen and oxygen atoms in total. The third-order valence-corrected chi connectivity index (χ3v) is 4.84. The molecule has 4 heteroatoms. The summed E-state index contributed by atoms with van der Waals surface area (Å²) in [5.41, 5.74) is 7.82. The Bertz CT molecular complexity index is 516. The smallest absolute Gasteiger partial charge is 0.183 e. The molecular formula is C15H21N3O. The zero-order chi connectivity index (χ0) is 13.5. The van der Waals surface area contributed by atoms with Gasteiger partial charge >= 0.3 is 0 Å². The van der Waals surface area contributed by atoms with E-state index in [9.17, 15) is 4.79 Å². The lowest BCUT2D eigenvalue weighted by Gasteiger charge is -2.37. The monoisotopic (exact) mass is 259 g/mol. The Balaban J connectivity index is 1.77. The summed E-state index contributed by atoms with van der Waals surface area (Å²) in [7, 11) is 0. The number of aryl methyl sites for hydroxylation is 1. The van der Waals surface area contributed by atoms with Crippen molar-refractivity contribution in [1.82, 2.24) is 9.97 Å². The van der Waals surface area contributed by atoms with E-state index in [-0.39, 0.29) is 16.7 Å². The van der Waals surface area contributed by atoms with Gasteiger partial charge in [-0.1, -0.05) is 6.42 Å². The highest BCUT2D eigenvalue weighted by Gasteiger charge is 2.49. The van der Waals surface area contributed by atoms with Crippen molar-refractivity contribution in [1.29, 1.82) is 0 Å². The van der Waals surface area contributed by atoms with Gasteiger partial charge in [-0.15, -0.1) is 0 Å². The van der Waals surface area contributed by atoms with Crippen LogP contribution in [0, 0.1) is 12.3 Å². The van der Waals surface area contributed by atoms with Gasteiger partial charge < -0.3 is 5.73 Å². The molecule has 2 aliphatic carbocycles. The first kappa shape index (κ1) is 12.7. The van der Waals surface area contributed by atoms with E-state index in [0.717, 1.165) is 44.2 Å². The average Bonchev–Trinajstić information content (AvgIpc) is 2.59. The minimum Gasteiger partial charge on any atom is -0.325 e. The Morgan fingerprint density at radius 1 is 1.32 bits per heavy atom. The third kappa shape index (κ3) is 2.41. The summed E-state index contributed by atoms with van der Waals surface area (Å²) in [6.45, 7) is 1.86. The first-order valence-corrected chi connectivity index (χ1v) is 7.11. The van der Waals surface area contributed by atoms with E-state index >= 15 is 0 Å². The van der Waals surface area contributed by atoms with E-state index in [1.165, 1.54) is 0 Å². The Labute approximate surface area is 113 Å². The molecule has 19 heavy (non-hydrogen) atoms. The molecule has 0 amide bonds. The van der Waals surface area contributed by atoms with Crippen molar-refractivity contribution in [2.24, 2.45) is 11.1 Å². The molecule has 0 spiro atoms. The third-order valence-electron chi connectivity index (χ3n) is 4.84.